The van der Waals surface area contributed by atoms with Crippen LogP contribution in [-0.2, 0) is 24.7 Å². The summed E-state index contributed by atoms with van der Waals surface area (Å²) in [6, 6.07) is 4.68. The zero-order chi connectivity index (χ0) is 13.3. The maximum absolute atomic E-state index is 12.6. The van der Waals surface area contributed by atoms with Crippen molar-refractivity contribution in [2.24, 2.45) is 0 Å². The number of hydrogen-bond donors (Lipinski definition) is 2. The Morgan fingerprint density at radius 2 is 2.06 bits per heavy atom. The zero-order valence-corrected chi connectivity index (χ0v) is 10.9. The van der Waals surface area contributed by atoms with Gasteiger partial charge in [-0.15, -0.1) is 0 Å². The summed E-state index contributed by atoms with van der Waals surface area (Å²) in [5.74, 6) is -0.950. The molecule has 1 aromatic rings. The minimum Gasteiger partial charge on any atom is -0.481 e. The van der Waals surface area contributed by atoms with Gasteiger partial charge in [0.05, 0.1) is 24.1 Å². The fourth-order valence-corrected chi connectivity index (χ4v) is 2.85. The molecule has 0 unspecified atom stereocenters. The Morgan fingerprint density at radius 1 is 1.47 bits per heavy atom. The molecule has 0 heterocycles. The molecule has 96 valence electrons. The quantitative estimate of drug-likeness (QED) is 0.784. The highest BCUT2D eigenvalue weighted by molar-refractivity contribution is 8.14. The minimum atomic E-state index is -3.46. The molecule has 17 heavy (non-hydrogen) atoms. The highest BCUT2D eigenvalue weighted by Gasteiger charge is 2.24. The Kier molecular flexibility index (Phi) is 3.31. The number of rotatable bonds is 4. The molecule has 0 saturated heterocycles. The van der Waals surface area contributed by atoms with Gasteiger partial charge in [0.25, 0.3) is 0 Å². The highest BCUT2D eigenvalue weighted by atomic mass is 32.3. The van der Waals surface area contributed by atoms with Gasteiger partial charge in [0.15, 0.2) is 0 Å². The maximum atomic E-state index is 12.6. The summed E-state index contributed by atoms with van der Waals surface area (Å²) < 4.78 is 17.6. The van der Waals surface area contributed by atoms with E-state index in [1.165, 1.54) is 25.7 Å². The highest BCUT2D eigenvalue weighted by Crippen LogP contribution is 2.35. The van der Waals surface area contributed by atoms with Crippen LogP contribution in [0.25, 0.3) is 0 Å². The average molecular weight is 259 g/mol. The molecule has 0 atom stereocenters. The summed E-state index contributed by atoms with van der Waals surface area (Å²) in [6.45, 7) is 0. The van der Waals surface area contributed by atoms with Gasteiger partial charge in [0.2, 0.25) is 0 Å². The van der Waals surface area contributed by atoms with Crippen LogP contribution in [0.2, 0.25) is 0 Å². The first-order valence-corrected chi connectivity index (χ1v) is 7.63. The lowest BCUT2D eigenvalue weighted by atomic mass is 10.1. The normalized spacial score (nSPS) is 13.9. The summed E-state index contributed by atoms with van der Waals surface area (Å²) in [7, 11) is -2.12. The molecule has 0 spiro atoms. The lowest BCUT2D eigenvalue weighted by Gasteiger charge is -2.39. The lowest BCUT2D eigenvalue weighted by molar-refractivity contribution is -0.136. The van der Waals surface area contributed by atoms with E-state index in [0.717, 1.165) is 0 Å². The molecule has 0 aliphatic rings. The Hall–Kier alpha value is -1.40. The fraction of sp³-hybridized carbons (Fsp3) is 0.364. The van der Waals surface area contributed by atoms with Gasteiger partial charge in [0, 0.05) is 12.5 Å². The number of carboxylic acid groups (broad SMARTS) is 1. The molecule has 3 N–H and O–H groups in total. The first-order chi connectivity index (χ1) is 7.64. The number of carbonyl (C=O) groups is 1. The first-order valence-electron chi connectivity index (χ1n) is 4.92. The Bertz CT molecular complexity index is 518. The first kappa shape index (κ1) is 13.7. The molecule has 0 aromatic heterocycles. The minimum absolute atomic E-state index is 0.139. The number of carboxylic acids is 1. The van der Waals surface area contributed by atoms with Crippen LogP contribution in [0.15, 0.2) is 23.1 Å². The van der Waals surface area contributed by atoms with E-state index in [4.69, 9.17) is 15.0 Å². The van der Waals surface area contributed by atoms with Gasteiger partial charge in [-0.25, -0.2) is 4.21 Å². The third-order valence-corrected chi connectivity index (χ3v) is 5.10. The van der Waals surface area contributed by atoms with Gasteiger partial charge in [-0.2, -0.15) is 9.35 Å². The second-order valence-electron chi connectivity index (χ2n) is 4.33. The van der Waals surface area contributed by atoms with E-state index in [2.05, 4.69) is 0 Å². The van der Waals surface area contributed by atoms with Crippen molar-refractivity contribution in [3.63, 3.8) is 0 Å². The summed E-state index contributed by atoms with van der Waals surface area (Å²) >= 11 is 0. The third kappa shape index (κ3) is 3.04. The van der Waals surface area contributed by atoms with Crippen LogP contribution in [0.5, 0.6) is 0 Å². The van der Waals surface area contributed by atoms with Gasteiger partial charge >= 0.3 is 5.97 Å². The van der Waals surface area contributed by atoms with Crippen LogP contribution in [0.4, 0.5) is 5.69 Å². The topological polar surface area (TPSA) is 89.6 Å². The largest absolute Gasteiger partial charge is 0.481 e. The smallest absolute Gasteiger partial charge is 0.307 e. The van der Waals surface area contributed by atoms with Crippen molar-refractivity contribution in [2.75, 3.05) is 25.4 Å². The zero-order valence-electron chi connectivity index (χ0n) is 10.1. The van der Waals surface area contributed by atoms with E-state index in [1.807, 2.05) is 0 Å². The fourth-order valence-electron chi connectivity index (χ4n) is 1.45. The van der Waals surface area contributed by atoms with Crippen LogP contribution in [0, 0.1) is 0 Å². The standard InChI is InChI=1S/C11H17NO4S/c1-16-17(2,3,15)10-6-8(7-11(13)14)4-5-9(10)12/h4-6H,7,12H2,1-3H3,(H,13,14). The molecular formula is C11H17NO4S. The molecule has 0 aliphatic heterocycles. The van der Waals surface area contributed by atoms with Crippen LogP contribution >= 0.6 is 0 Å². The van der Waals surface area contributed by atoms with E-state index in [-0.39, 0.29) is 6.42 Å². The van der Waals surface area contributed by atoms with Crippen LogP contribution in [-0.4, -0.2) is 34.9 Å². The van der Waals surface area contributed by atoms with Gasteiger partial charge in [-0.05, 0) is 17.7 Å². The number of aliphatic carboxylic acids is 1. The maximum Gasteiger partial charge on any atom is 0.307 e. The predicted octanol–water partition coefficient (Wildman–Crippen LogP) is 0.896. The Labute approximate surface area is 100 Å². The average Bonchev–Trinajstić information content (AvgIpc) is 2.19. The molecule has 1 rings (SSSR count). The molecule has 0 saturated carbocycles. The molecule has 0 radical (unpaired) electrons. The molecular weight excluding hydrogens is 242 g/mol. The number of anilines is 1. The summed E-state index contributed by atoms with van der Waals surface area (Å²) in [5, 5.41) is 8.72. The van der Waals surface area contributed by atoms with E-state index in [9.17, 15) is 9.00 Å². The molecule has 1 aromatic carbocycles. The van der Waals surface area contributed by atoms with Crippen molar-refractivity contribution in [1.29, 1.82) is 0 Å². The summed E-state index contributed by atoms with van der Waals surface area (Å²) in [4.78, 5) is 11.0. The molecule has 6 heteroatoms. The number of nitrogen functional groups attached to an aromatic ring is 1. The second-order valence-corrected chi connectivity index (χ2v) is 8.54. The summed E-state index contributed by atoms with van der Waals surface area (Å²) in [6.07, 6.45) is 2.79. The molecule has 0 aliphatic carbocycles. The van der Waals surface area contributed by atoms with Crippen LogP contribution in [0.3, 0.4) is 0 Å². The summed E-state index contributed by atoms with van der Waals surface area (Å²) in [5.41, 5.74) is 6.65. The molecule has 0 amide bonds. The number of hydrogen-bond acceptors (Lipinski definition) is 4. The Balaban J connectivity index is 3.34. The van der Waals surface area contributed by atoms with E-state index < -0.39 is 15.3 Å². The Morgan fingerprint density at radius 3 is 2.53 bits per heavy atom. The van der Waals surface area contributed by atoms with Crippen molar-refractivity contribution < 1.29 is 18.3 Å². The molecule has 0 bridgehead atoms. The monoisotopic (exact) mass is 259 g/mol. The molecule has 5 nitrogen and oxygen atoms in total. The van der Waals surface area contributed by atoms with Crippen molar-refractivity contribution in [3.05, 3.63) is 23.8 Å². The number of nitrogens with two attached hydrogens (primary N) is 1. The SMILES string of the molecule is COS(C)(C)(=O)c1cc(CC(=O)O)ccc1N. The van der Waals surface area contributed by atoms with Gasteiger partial charge in [0.1, 0.15) is 0 Å². The van der Waals surface area contributed by atoms with Gasteiger partial charge in [-0.1, -0.05) is 6.07 Å². The van der Waals surface area contributed by atoms with E-state index in [1.54, 1.807) is 12.1 Å². The van der Waals surface area contributed by atoms with Crippen LogP contribution < -0.4 is 5.73 Å². The van der Waals surface area contributed by atoms with Crippen molar-refractivity contribution in [2.45, 2.75) is 11.3 Å². The number of benzene rings is 1. The van der Waals surface area contributed by atoms with Crippen LogP contribution in [0.1, 0.15) is 5.56 Å². The third-order valence-electron chi connectivity index (χ3n) is 2.54. The predicted molar refractivity (Wildman–Crippen MR) is 67.5 cm³/mol. The van der Waals surface area contributed by atoms with Crippen molar-refractivity contribution in [3.8, 4) is 0 Å². The second kappa shape index (κ2) is 4.12. The lowest BCUT2D eigenvalue weighted by Crippen LogP contribution is -2.32. The van der Waals surface area contributed by atoms with E-state index >= 15 is 0 Å². The molecule has 0 fully saturated rings. The van der Waals surface area contributed by atoms with E-state index in [0.29, 0.717) is 16.1 Å². The van der Waals surface area contributed by atoms with Gasteiger partial charge in [-0.3, -0.25) is 8.98 Å². The van der Waals surface area contributed by atoms with Crippen molar-refractivity contribution >= 4 is 21.0 Å². The van der Waals surface area contributed by atoms with Gasteiger partial charge < -0.3 is 10.8 Å². The van der Waals surface area contributed by atoms with Crippen molar-refractivity contribution in [1.82, 2.24) is 0 Å².